The van der Waals surface area contributed by atoms with E-state index in [1.807, 2.05) is 13.0 Å². The van der Waals surface area contributed by atoms with Crippen molar-refractivity contribution in [3.8, 4) is 11.3 Å². The second-order valence-corrected chi connectivity index (χ2v) is 10.4. The highest BCUT2D eigenvalue weighted by molar-refractivity contribution is 7.89. The molecule has 0 aliphatic rings. The summed E-state index contributed by atoms with van der Waals surface area (Å²) in [5, 5.41) is 7.61. The molecule has 1 atom stereocenters. The number of anilines is 1. The van der Waals surface area contributed by atoms with E-state index in [2.05, 4.69) is 15.4 Å². The molecular weight excluding hydrogens is 489 g/mol. The zero-order valence-corrected chi connectivity index (χ0v) is 21.0. The van der Waals surface area contributed by atoms with Crippen LogP contribution in [0.4, 0.5) is 10.1 Å². The van der Waals surface area contributed by atoms with Crippen LogP contribution in [0.3, 0.4) is 0 Å². The first-order valence-electron chi connectivity index (χ1n) is 10.9. The second-order valence-electron chi connectivity index (χ2n) is 8.62. The van der Waals surface area contributed by atoms with Crippen LogP contribution in [0.15, 0.2) is 45.9 Å². The monoisotopic (exact) mass is 513 g/mol. The minimum absolute atomic E-state index is 0.0987. The molecule has 0 spiro atoms. The third-order valence-corrected chi connectivity index (χ3v) is 6.11. The molecule has 0 aliphatic heterocycles. The van der Waals surface area contributed by atoms with Crippen LogP contribution < -0.4 is 15.5 Å². The number of fused-ring (bicyclic) bond motifs is 1. The van der Waals surface area contributed by atoms with Crippen LogP contribution in [0.5, 0.6) is 0 Å². The third kappa shape index (κ3) is 4.98. The Balaban J connectivity index is 1.83. The number of hydrogen-bond acceptors (Lipinski definition) is 8. The first kappa shape index (κ1) is 25.0. The van der Waals surface area contributed by atoms with Gasteiger partial charge in [0, 0.05) is 24.4 Å². The van der Waals surface area contributed by atoms with Gasteiger partial charge in [0.15, 0.2) is 11.1 Å². The Kier molecular flexibility index (Phi) is 6.39. The fourth-order valence-corrected chi connectivity index (χ4v) is 4.39. The van der Waals surface area contributed by atoms with Gasteiger partial charge in [-0.3, -0.25) is 14.3 Å². The molecule has 36 heavy (non-hydrogen) atoms. The lowest BCUT2D eigenvalue weighted by Gasteiger charge is -2.20. The Bertz CT molecular complexity index is 1680. The van der Waals surface area contributed by atoms with Crippen LogP contribution in [0.1, 0.15) is 40.1 Å². The zero-order chi connectivity index (χ0) is 26.4. The largest absolute Gasteiger partial charge is 0.455 e. The van der Waals surface area contributed by atoms with Gasteiger partial charge in [0.05, 0.1) is 35.1 Å². The molecule has 0 aliphatic carbocycles. The maximum Gasteiger partial charge on any atom is 0.285 e. The summed E-state index contributed by atoms with van der Waals surface area (Å²) in [6.45, 7) is 5.29. The number of carbonyl (C=O) groups excluding carboxylic acids is 1. The lowest BCUT2D eigenvalue weighted by atomic mass is 9.99. The van der Waals surface area contributed by atoms with Gasteiger partial charge in [-0.1, -0.05) is 6.07 Å². The number of aromatic nitrogens is 3. The quantitative estimate of drug-likeness (QED) is 0.375. The number of amides is 1. The molecule has 0 saturated carbocycles. The van der Waals surface area contributed by atoms with E-state index in [4.69, 9.17) is 4.42 Å². The molecule has 188 valence electrons. The molecule has 2 N–H and O–H groups in total. The van der Waals surface area contributed by atoms with Crippen LogP contribution >= 0.6 is 0 Å². The molecule has 0 unspecified atom stereocenters. The average molecular weight is 514 g/mol. The maximum absolute atomic E-state index is 13.8. The van der Waals surface area contributed by atoms with Gasteiger partial charge in [-0.25, -0.2) is 18.1 Å². The number of rotatable bonds is 6. The minimum atomic E-state index is -3.90. The van der Waals surface area contributed by atoms with Crippen molar-refractivity contribution < 1.29 is 22.0 Å². The summed E-state index contributed by atoms with van der Waals surface area (Å²) in [6, 6.07) is 5.34. The molecule has 4 aromatic rings. The highest BCUT2D eigenvalue weighted by Crippen LogP contribution is 2.32. The third-order valence-electron chi connectivity index (χ3n) is 5.55. The second kappa shape index (κ2) is 9.19. The molecular formula is C24H24FN5O5S. The van der Waals surface area contributed by atoms with Crippen molar-refractivity contribution in [1.29, 1.82) is 0 Å². The molecule has 0 fully saturated rings. The fourth-order valence-electron chi connectivity index (χ4n) is 3.96. The average Bonchev–Trinajstić information content (AvgIpc) is 3.22. The zero-order valence-electron chi connectivity index (χ0n) is 20.2. The maximum atomic E-state index is 13.8. The molecule has 12 heteroatoms. The van der Waals surface area contributed by atoms with E-state index in [1.54, 1.807) is 48.8 Å². The van der Waals surface area contributed by atoms with Gasteiger partial charge in [0.2, 0.25) is 16.0 Å². The summed E-state index contributed by atoms with van der Waals surface area (Å²) in [6.07, 6.45) is 4.15. The fraction of sp³-hybridized carbons (Fsp3) is 0.250. The van der Waals surface area contributed by atoms with Crippen molar-refractivity contribution in [2.24, 2.45) is 7.05 Å². The van der Waals surface area contributed by atoms with Gasteiger partial charge in [-0.15, -0.1) is 0 Å². The van der Waals surface area contributed by atoms with E-state index in [0.717, 1.165) is 17.9 Å². The van der Waals surface area contributed by atoms with Gasteiger partial charge in [-0.2, -0.15) is 9.49 Å². The van der Waals surface area contributed by atoms with Crippen molar-refractivity contribution >= 4 is 32.6 Å². The van der Waals surface area contributed by atoms with Gasteiger partial charge in [0.25, 0.3) is 5.91 Å². The topological polar surface area (TPSA) is 136 Å². The molecule has 3 aromatic heterocycles. The van der Waals surface area contributed by atoms with Crippen molar-refractivity contribution in [3.63, 3.8) is 0 Å². The van der Waals surface area contributed by atoms with Gasteiger partial charge in [0.1, 0.15) is 11.3 Å². The Labute approximate surface area is 206 Å². The Morgan fingerprint density at radius 1 is 1.22 bits per heavy atom. The Hall–Kier alpha value is -4.06. The van der Waals surface area contributed by atoms with Crippen molar-refractivity contribution in [3.05, 3.63) is 75.2 Å². The summed E-state index contributed by atoms with van der Waals surface area (Å²) in [5.74, 6) is -1.65. The van der Waals surface area contributed by atoms with Crippen molar-refractivity contribution in [2.75, 3.05) is 11.6 Å². The van der Waals surface area contributed by atoms with E-state index in [-0.39, 0.29) is 11.1 Å². The van der Waals surface area contributed by atoms with Gasteiger partial charge in [-0.05, 0) is 44.5 Å². The number of nitrogens with one attached hydrogen (secondary N) is 2. The van der Waals surface area contributed by atoms with E-state index in [0.29, 0.717) is 33.4 Å². The minimum Gasteiger partial charge on any atom is -0.455 e. The predicted octanol–water partition coefficient (Wildman–Crippen LogP) is 3.21. The predicted molar refractivity (Wildman–Crippen MR) is 133 cm³/mol. The number of benzene rings is 1. The summed E-state index contributed by atoms with van der Waals surface area (Å²) in [5.41, 5.74) is 2.31. The van der Waals surface area contributed by atoms with E-state index in [9.17, 15) is 22.4 Å². The van der Waals surface area contributed by atoms with Gasteiger partial charge < -0.3 is 9.73 Å². The number of pyridine rings is 1. The summed E-state index contributed by atoms with van der Waals surface area (Å²) < 4.78 is 46.5. The van der Waals surface area contributed by atoms with E-state index in [1.165, 1.54) is 6.07 Å². The Morgan fingerprint density at radius 2 is 1.94 bits per heavy atom. The number of nitrogens with zero attached hydrogens (tertiary/aromatic N) is 3. The summed E-state index contributed by atoms with van der Waals surface area (Å²) in [4.78, 5) is 29.3. The van der Waals surface area contributed by atoms with Crippen molar-refractivity contribution in [1.82, 2.24) is 19.5 Å². The standard InChI is InChI=1S/C24H24FN5O5S/c1-12-8-16(14(3)27-18-6-7-19(25)28-20(18)24(32)29-36(5,33)34)23-17(9-12)21(31)13(2)22(35-23)15-10-26-30(4)11-15/h6-11,14,27H,1-5H3,(H,29,32)/t14-/m1/s1. The number of aryl methyl sites for hydroxylation is 2. The van der Waals surface area contributed by atoms with Crippen LogP contribution in [-0.2, 0) is 17.1 Å². The molecule has 1 amide bonds. The molecule has 3 heterocycles. The lowest BCUT2D eigenvalue weighted by Crippen LogP contribution is -2.31. The van der Waals surface area contributed by atoms with E-state index < -0.39 is 33.6 Å². The molecule has 0 bridgehead atoms. The number of carbonyl (C=O) groups is 1. The number of halogens is 1. The first-order chi connectivity index (χ1) is 16.8. The van der Waals surface area contributed by atoms with Crippen LogP contribution in [0.25, 0.3) is 22.3 Å². The van der Waals surface area contributed by atoms with Crippen molar-refractivity contribution in [2.45, 2.75) is 26.8 Å². The van der Waals surface area contributed by atoms with Gasteiger partial charge >= 0.3 is 0 Å². The van der Waals surface area contributed by atoms with Crippen LogP contribution in [0.2, 0.25) is 0 Å². The SMILES string of the molecule is Cc1cc([C@@H](C)Nc2ccc(F)nc2C(=O)NS(C)(=O)=O)c2oc(-c3cnn(C)c3)c(C)c(=O)c2c1. The van der Waals surface area contributed by atoms with Crippen LogP contribution in [-0.4, -0.2) is 35.3 Å². The number of hydrogen-bond donors (Lipinski definition) is 2. The highest BCUT2D eigenvalue weighted by atomic mass is 32.2. The summed E-state index contributed by atoms with van der Waals surface area (Å²) >= 11 is 0. The molecule has 0 saturated heterocycles. The highest BCUT2D eigenvalue weighted by Gasteiger charge is 2.23. The lowest BCUT2D eigenvalue weighted by molar-refractivity contribution is 0.0976. The Morgan fingerprint density at radius 3 is 2.58 bits per heavy atom. The van der Waals surface area contributed by atoms with E-state index >= 15 is 0 Å². The molecule has 4 rings (SSSR count). The molecule has 0 radical (unpaired) electrons. The smallest absolute Gasteiger partial charge is 0.285 e. The first-order valence-corrected chi connectivity index (χ1v) is 12.8. The van der Waals surface area contributed by atoms with Crippen LogP contribution in [0, 0.1) is 19.8 Å². The number of sulfonamides is 1. The normalized spacial score (nSPS) is 12.5. The summed E-state index contributed by atoms with van der Waals surface area (Å²) in [7, 11) is -2.14. The molecule has 1 aromatic carbocycles. The molecule has 10 nitrogen and oxygen atoms in total.